The van der Waals surface area contributed by atoms with Crippen LogP contribution < -0.4 is 0 Å². The summed E-state index contributed by atoms with van der Waals surface area (Å²) in [5, 5.41) is 0. The van der Waals surface area contributed by atoms with Crippen molar-refractivity contribution in [1.29, 1.82) is 0 Å². The van der Waals surface area contributed by atoms with Gasteiger partial charge in [0.15, 0.2) is 0 Å². The summed E-state index contributed by atoms with van der Waals surface area (Å²) < 4.78 is 4.72. The molecule has 0 amide bonds. The maximum Gasteiger partial charge on any atom is 0.338 e. The molecule has 0 heterocycles. The Morgan fingerprint density at radius 2 is 2.08 bits per heavy atom. The molecule has 0 N–H and O–H groups in total. The van der Waals surface area contributed by atoms with Crippen molar-refractivity contribution >= 4 is 5.97 Å². The number of hydrogen-bond donors (Lipinski definition) is 0. The van der Waals surface area contributed by atoms with Crippen LogP contribution in [0.4, 0.5) is 0 Å². The van der Waals surface area contributed by atoms with Crippen LogP contribution in [0.15, 0.2) is 24.3 Å². The van der Waals surface area contributed by atoms with E-state index in [1.165, 1.54) is 20.0 Å². The maximum absolute atomic E-state index is 11.3. The Balaban J connectivity index is 2.36. The Kier molecular flexibility index (Phi) is 2.05. The lowest BCUT2D eigenvalue weighted by Gasteiger charge is -2.05. The summed E-state index contributed by atoms with van der Waals surface area (Å²) in [4.78, 5) is 11.3. The predicted octanol–water partition coefficient (Wildman–Crippen LogP) is 2.35. The van der Waals surface area contributed by atoms with E-state index in [-0.39, 0.29) is 5.97 Å². The van der Waals surface area contributed by atoms with Crippen LogP contribution in [0.1, 0.15) is 34.7 Å². The van der Waals surface area contributed by atoms with Crippen molar-refractivity contribution in [2.75, 3.05) is 7.11 Å². The average Bonchev–Trinajstić information content (AvgIpc) is 3.00. The first-order chi connectivity index (χ1) is 6.33. The number of rotatable bonds is 2. The van der Waals surface area contributed by atoms with Crippen LogP contribution in [0.25, 0.3) is 0 Å². The number of hydrogen-bond acceptors (Lipinski definition) is 2. The molecule has 1 fully saturated rings. The molecule has 0 spiro atoms. The minimum Gasteiger partial charge on any atom is -0.465 e. The SMILES string of the molecule is COC(=O)c1ccccc1C1CC1. The fourth-order valence-corrected chi connectivity index (χ4v) is 1.54. The normalized spacial score (nSPS) is 15.5. The lowest BCUT2D eigenvalue weighted by Crippen LogP contribution is -2.04. The van der Waals surface area contributed by atoms with Crippen molar-refractivity contribution in [3.8, 4) is 0 Å². The van der Waals surface area contributed by atoms with Crippen LogP contribution >= 0.6 is 0 Å². The van der Waals surface area contributed by atoms with Crippen molar-refractivity contribution in [2.24, 2.45) is 0 Å². The summed E-state index contributed by atoms with van der Waals surface area (Å²) in [5.74, 6) is 0.373. The van der Waals surface area contributed by atoms with E-state index in [0.717, 1.165) is 11.1 Å². The predicted molar refractivity (Wildman–Crippen MR) is 49.8 cm³/mol. The van der Waals surface area contributed by atoms with Crippen LogP contribution in [0.5, 0.6) is 0 Å². The van der Waals surface area contributed by atoms with E-state index in [1.807, 2.05) is 24.3 Å². The highest BCUT2D eigenvalue weighted by molar-refractivity contribution is 5.91. The largest absolute Gasteiger partial charge is 0.465 e. The lowest BCUT2D eigenvalue weighted by molar-refractivity contribution is 0.0599. The smallest absolute Gasteiger partial charge is 0.338 e. The van der Waals surface area contributed by atoms with E-state index in [2.05, 4.69) is 0 Å². The summed E-state index contributed by atoms with van der Waals surface area (Å²) in [6.45, 7) is 0. The first kappa shape index (κ1) is 8.30. The van der Waals surface area contributed by atoms with Gasteiger partial charge in [0.2, 0.25) is 0 Å². The number of ether oxygens (including phenoxy) is 1. The Bertz CT molecular complexity index is 327. The van der Waals surface area contributed by atoms with Gasteiger partial charge in [-0.1, -0.05) is 18.2 Å². The zero-order valence-electron chi connectivity index (χ0n) is 7.62. The molecule has 0 aliphatic heterocycles. The first-order valence-corrected chi connectivity index (χ1v) is 4.50. The molecule has 0 atom stereocenters. The number of carbonyl (C=O) groups excluding carboxylic acids is 1. The van der Waals surface area contributed by atoms with Crippen molar-refractivity contribution in [1.82, 2.24) is 0 Å². The molecule has 1 aliphatic carbocycles. The van der Waals surface area contributed by atoms with Gasteiger partial charge in [-0.25, -0.2) is 4.79 Å². The van der Waals surface area contributed by atoms with Gasteiger partial charge in [0, 0.05) is 0 Å². The van der Waals surface area contributed by atoms with Crippen LogP contribution in [-0.2, 0) is 4.74 Å². The maximum atomic E-state index is 11.3. The molecule has 0 bridgehead atoms. The highest BCUT2D eigenvalue weighted by atomic mass is 16.5. The summed E-state index contributed by atoms with van der Waals surface area (Å²) in [6, 6.07) is 7.70. The number of benzene rings is 1. The Hall–Kier alpha value is -1.31. The topological polar surface area (TPSA) is 26.3 Å². The third kappa shape index (κ3) is 1.57. The molecule has 1 aromatic carbocycles. The molecule has 1 saturated carbocycles. The van der Waals surface area contributed by atoms with E-state index in [4.69, 9.17) is 4.74 Å². The fourth-order valence-electron chi connectivity index (χ4n) is 1.54. The third-order valence-corrected chi connectivity index (χ3v) is 2.38. The Labute approximate surface area is 77.5 Å². The quantitative estimate of drug-likeness (QED) is 0.646. The van der Waals surface area contributed by atoms with Gasteiger partial charge in [0.25, 0.3) is 0 Å². The minimum atomic E-state index is -0.220. The molecule has 2 rings (SSSR count). The van der Waals surface area contributed by atoms with Gasteiger partial charge in [0.05, 0.1) is 12.7 Å². The number of carbonyl (C=O) groups is 1. The Morgan fingerprint density at radius 1 is 1.38 bits per heavy atom. The molecule has 68 valence electrons. The molecule has 0 aromatic heterocycles. The second-order valence-electron chi connectivity index (χ2n) is 3.35. The van der Waals surface area contributed by atoms with E-state index in [0.29, 0.717) is 5.92 Å². The summed E-state index contributed by atoms with van der Waals surface area (Å²) in [6.07, 6.45) is 2.40. The van der Waals surface area contributed by atoms with Crippen molar-refractivity contribution < 1.29 is 9.53 Å². The molecule has 1 aliphatic rings. The summed E-state index contributed by atoms with van der Waals surface area (Å²) in [5.41, 5.74) is 1.88. The molecular formula is C11H12O2. The third-order valence-electron chi connectivity index (χ3n) is 2.38. The van der Waals surface area contributed by atoms with Gasteiger partial charge in [-0.15, -0.1) is 0 Å². The lowest BCUT2D eigenvalue weighted by atomic mass is 10.0. The number of esters is 1. The second kappa shape index (κ2) is 3.21. The fraction of sp³-hybridized carbons (Fsp3) is 0.364. The monoisotopic (exact) mass is 176 g/mol. The molecule has 2 nitrogen and oxygen atoms in total. The molecule has 2 heteroatoms. The molecule has 0 radical (unpaired) electrons. The highest BCUT2D eigenvalue weighted by Gasteiger charge is 2.27. The first-order valence-electron chi connectivity index (χ1n) is 4.50. The minimum absolute atomic E-state index is 0.220. The molecule has 0 saturated heterocycles. The van der Waals surface area contributed by atoms with Gasteiger partial charge in [0.1, 0.15) is 0 Å². The Morgan fingerprint density at radius 3 is 2.69 bits per heavy atom. The van der Waals surface area contributed by atoms with E-state index < -0.39 is 0 Å². The van der Waals surface area contributed by atoms with Gasteiger partial charge in [-0.3, -0.25) is 0 Å². The molecule has 13 heavy (non-hydrogen) atoms. The average molecular weight is 176 g/mol. The van der Waals surface area contributed by atoms with E-state index >= 15 is 0 Å². The van der Waals surface area contributed by atoms with Crippen molar-refractivity contribution in [2.45, 2.75) is 18.8 Å². The van der Waals surface area contributed by atoms with E-state index in [9.17, 15) is 4.79 Å². The van der Waals surface area contributed by atoms with Gasteiger partial charge >= 0.3 is 5.97 Å². The molecule has 1 aromatic rings. The summed E-state index contributed by atoms with van der Waals surface area (Å²) in [7, 11) is 1.42. The van der Waals surface area contributed by atoms with Crippen LogP contribution in [0.2, 0.25) is 0 Å². The van der Waals surface area contributed by atoms with Crippen LogP contribution in [0, 0.1) is 0 Å². The van der Waals surface area contributed by atoms with Crippen LogP contribution in [0.3, 0.4) is 0 Å². The van der Waals surface area contributed by atoms with Gasteiger partial charge < -0.3 is 4.74 Å². The number of methoxy groups -OCH3 is 1. The zero-order chi connectivity index (χ0) is 9.26. The van der Waals surface area contributed by atoms with Crippen molar-refractivity contribution in [3.05, 3.63) is 35.4 Å². The standard InChI is InChI=1S/C11H12O2/c1-13-11(12)10-5-3-2-4-9(10)8-6-7-8/h2-5,8H,6-7H2,1H3. The van der Waals surface area contributed by atoms with E-state index in [1.54, 1.807) is 0 Å². The summed E-state index contributed by atoms with van der Waals surface area (Å²) >= 11 is 0. The van der Waals surface area contributed by atoms with Crippen molar-refractivity contribution in [3.63, 3.8) is 0 Å². The molecule has 0 unspecified atom stereocenters. The van der Waals surface area contributed by atoms with Crippen LogP contribution in [-0.4, -0.2) is 13.1 Å². The van der Waals surface area contributed by atoms with Gasteiger partial charge in [-0.05, 0) is 30.4 Å². The highest BCUT2D eigenvalue weighted by Crippen LogP contribution is 2.41. The van der Waals surface area contributed by atoms with Gasteiger partial charge in [-0.2, -0.15) is 0 Å². The zero-order valence-corrected chi connectivity index (χ0v) is 7.62. The molecular weight excluding hydrogens is 164 g/mol. The second-order valence-corrected chi connectivity index (χ2v) is 3.35.